The highest BCUT2D eigenvalue weighted by Crippen LogP contribution is 2.10. The Morgan fingerprint density at radius 2 is 2.14 bits per heavy atom. The van der Waals surface area contributed by atoms with Crippen molar-refractivity contribution in [3.05, 3.63) is 59.0 Å². The molecule has 0 atom stereocenters. The minimum absolute atomic E-state index is 0.527. The maximum atomic E-state index is 5.98. The van der Waals surface area contributed by atoms with Gasteiger partial charge in [0.25, 0.3) is 0 Å². The molecule has 1 heterocycles. The Hall–Kier alpha value is -1.94. The van der Waals surface area contributed by atoms with Crippen molar-refractivity contribution in [2.45, 2.75) is 19.9 Å². The van der Waals surface area contributed by atoms with Gasteiger partial charge in [-0.25, -0.2) is 4.99 Å². The third-order valence-electron chi connectivity index (χ3n) is 2.91. The fourth-order valence-corrected chi connectivity index (χ4v) is 2.13. The van der Waals surface area contributed by atoms with Gasteiger partial charge in [0.1, 0.15) is 12.3 Å². The molecule has 0 spiro atoms. The molecule has 2 aromatic rings. The van der Waals surface area contributed by atoms with Gasteiger partial charge in [-0.05, 0) is 43.2 Å². The van der Waals surface area contributed by atoms with Gasteiger partial charge in [0.15, 0.2) is 5.96 Å². The highest BCUT2D eigenvalue weighted by molar-refractivity contribution is 6.30. The number of hydrogen-bond donors (Lipinski definition) is 2. The zero-order valence-electron chi connectivity index (χ0n) is 12.1. The minimum atomic E-state index is 0.527. The Labute approximate surface area is 130 Å². The lowest BCUT2D eigenvalue weighted by atomic mass is 10.1. The third-order valence-corrected chi connectivity index (χ3v) is 3.15. The van der Waals surface area contributed by atoms with Gasteiger partial charge in [-0.15, -0.1) is 0 Å². The highest BCUT2D eigenvalue weighted by atomic mass is 35.5. The summed E-state index contributed by atoms with van der Waals surface area (Å²) in [5.74, 6) is 1.64. The smallest absolute Gasteiger partial charge is 0.191 e. The van der Waals surface area contributed by atoms with Crippen LogP contribution in [0.1, 0.15) is 18.2 Å². The number of nitrogens with zero attached hydrogens (tertiary/aromatic N) is 1. The van der Waals surface area contributed by atoms with E-state index in [1.54, 1.807) is 6.26 Å². The lowest BCUT2D eigenvalue weighted by molar-refractivity contribution is 0.512. The second kappa shape index (κ2) is 8.37. The maximum Gasteiger partial charge on any atom is 0.191 e. The fourth-order valence-electron chi connectivity index (χ4n) is 1.92. The van der Waals surface area contributed by atoms with E-state index in [4.69, 9.17) is 16.0 Å². The highest BCUT2D eigenvalue weighted by Gasteiger charge is 2.00. The van der Waals surface area contributed by atoms with Crippen LogP contribution in [0.25, 0.3) is 0 Å². The van der Waals surface area contributed by atoms with E-state index in [1.807, 2.05) is 37.3 Å². The van der Waals surface area contributed by atoms with E-state index in [9.17, 15) is 0 Å². The predicted octanol–water partition coefficient (Wildman–Crippen LogP) is 3.23. The van der Waals surface area contributed by atoms with Gasteiger partial charge in [-0.2, -0.15) is 0 Å². The molecule has 21 heavy (non-hydrogen) atoms. The molecule has 5 heteroatoms. The first-order valence-electron chi connectivity index (χ1n) is 7.07. The van der Waals surface area contributed by atoms with Crippen LogP contribution in [0.2, 0.25) is 5.02 Å². The number of hydrogen-bond acceptors (Lipinski definition) is 2. The normalized spacial score (nSPS) is 11.4. The molecule has 2 rings (SSSR count). The summed E-state index contributed by atoms with van der Waals surface area (Å²) in [5.41, 5.74) is 1.21. The number of guanidine groups is 1. The van der Waals surface area contributed by atoms with Crippen LogP contribution in [0.15, 0.2) is 52.1 Å². The van der Waals surface area contributed by atoms with Gasteiger partial charge in [0.05, 0.1) is 6.26 Å². The molecule has 0 radical (unpaired) electrons. The Bertz CT molecular complexity index is 567. The van der Waals surface area contributed by atoms with E-state index >= 15 is 0 Å². The van der Waals surface area contributed by atoms with Crippen molar-refractivity contribution in [2.24, 2.45) is 4.99 Å². The minimum Gasteiger partial charge on any atom is -0.467 e. The largest absolute Gasteiger partial charge is 0.467 e. The molecule has 0 saturated heterocycles. The van der Waals surface area contributed by atoms with Crippen LogP contribution in [0.3, 0.4) is 0 Å². The number of halogens is 1. The van der Waals surface area contributed by atoms with E-state index in [0.29, 0.717) is 6.54 Å². The Kier molecular flexibility index (Phi) is 6.16. The molecule has 0 amide bonds. The van der Waals surface area contributed by atoms with Crippen molar-refractivity contribution in [1.29, 1.82) is 0 Å². The van der Waals surface area contributed by atoms with Crippen LogP contribution in [0.5, 0.6) is 0 Å². The molecule has 0 aliphatic carbocycles. The van der Waals surface area contributed by atoms with Crippen molar-refractivity contribution in [3.63, 3.8) is 0 Å². The molecule has 1 aromatic heterocycles. The molecule has 0 aliphatic rings. The fraction of sp³-hybridized carbons (Fsp3) is 0.312. The molecule has 0 fully saturated rings. The number of nitrogens with one attached hydrogen (secondary N) is 2. The molecule has 0 bridgehead atoms. The topological polar surface area (TPSA) is 49.6 Å². The molecule has 2 N–H and O–H groups in total. The summed E-state index contributed by atoms with van der Waals surface area (Å²) in [5, 5.41) is 7.29. The van der Waals surface area contributed by atoms with Crippen LogP contribution in [0.4, 0.5) is 0 Å². The second-order valence-electron chi connectivity index (χ2n) is 4.58. The second-order valence-corrected chi connectivity index (χ2v) is 5.02. The standard InChI is InChI=1S/C16H20ClN3O/c1-2-18-16(20-12-15-7-4-10-21-15)19-9-8-13-5-3-6-14(17)11-13/h3-7,10-11H,2,8-9,12H2,1H3,(H2,18,19,20). The van der Waals surface area contributed by atoms with Crippen molar-refractivity contribution in [3.8, 4) is 0 Å². The first-order chi connectivity index (χ1) is 10.3. The SMILES string of the molecule is CCNC(=NCc1ccco1)NCCc1cccc(Cl)c1. The van der Waals surface area contributed by atoms with Crippen LogP contribution in [-0.2, 0) is 13.0 Å². The number of benzene rings is 1. The summed E-state index contributed by atoms with van der Waals surface area (Å²) < 4.78 is 5.27. The number of rotatable bonds is 6. The summed E-state index contributed by atoms with van der Waals surface area (Å²) in [6.45, 7) is 4.19. The van der Waals surface area contributed by atoms with Crippen LogP contribution >= 0.6 is 11.6 Å². The van der Waals surface area contributed by atoms with Crippen molar-refractivity contribution in [2.75, 3.05) is 13.1 Å². The van der Waals surface area contributed by atoms with Gasteiger partial charge < -0.3 is 15.1 Å². The third kappa shape index (κ3) is 5.52. The Balaban J connectivity index is 1.83. The monoisotopic (exact) mass is 305 g/mol. The Morgan fingerprint density at radius 1 is 1.24 bits per heavy atom. The number of aliphatic imine (C=N–C) groups is 1. The molecular formula is C16H20ClN3O. The van der Waals surface area contributed by atoms with Crippen LogP contribution < -0.4 is 10.6 Å². The van der Waals surface area contributed by atoms with Crippen LogP contribution in [0, 0.1) is 0 Å². The van der Waals surface area contributed by atoms with Gasteiger partial charge in [0.2, 0.25) is 0 Å². The van der Waals surface area contributed by atoms with Crippen molar-refractivity contribution < 1.29 is 4.42 Å². The van der Waals surface area contributed by atoms with Gasteiger partial charge in [-0.1, -0.05) is 23.7 Å². The molecule has 1 aromatic carbocycles. The summed E-state index contributed by atoms with van der Waals surface area (Å²) in [7, 11) is 0. The van der Waals surface area contributed by atoms with Crippen molar-refractivity contribution >= 4 is 17.6 Å². The average molecular weight is 306 g/mol. The predicted molar refractivity (Wildman–Crippen MR) is 86.7 cm³/mol. The first kappa shape index (κ1) is 15.4. The Morgan fingerprint density at radius 3 is 2.86 bits per heavy atom. The summed E-state index contributed by atoms with van der Waals surface area (Å²) in [6, 6.07) is 11.7. The maximum absolute atomic E-state index is 5.98. The van der Waals surface area contributed by atoms with E-state index in [-0.39, 0.29) is 0 Å². The quantitative estimate of drug-likeness (QED) is 0.636. The molecule has 4 nitrogen and oxygen atoms in total. The first-order valence-corrected chi connectivity index (χ1v) is 7.44. The van der Waals surface area contributed by atoms with Gasteiger partial charge >= 0.3 is 0 Å². The molecule has 0 saturated carbocycles. The molecular weight excluding hydrogens is 286 g/mol. The van der Waals surface area contributed by atoms with Gasteiger partial charge in [-0.3, -0.25) is 0 Å². The summed E-state index contributed by atoms with van der Waals surface area (Å²) >= 11 is 5.98. The van der Waals surface area contributed by atoms with E-state index in [1.165, 1.54) is 5.56 Å². The van der Waals surface area contributed by atoms with Crippen molar-refractivity contribution in [1.82, 2.24) is 10.6 Å². The number of furan rings is 1. The summed E-state index contributed by atoms with van der Waals surface area (Å²) in [6.07, 6.45) is 2.55. The molecule has 112 valence electrons. The molecule has 0 unspecified atom stereocenters. The van der Waals surface area contributed by atoms with E-state index in [2.05, 4.69) is 21.7 Å². The lowest BCUT2D eigenvalue weighted by Crippen LogP contribution is -2.38. The average Bonchev–Trinajstić information content (AvgIpc) is 2.98. The zero-order valence-corrected chi connectivity index (χ0v) is 12.9. The van der Waals surface area contributed by atoms with E-state index < -0.39 is 0 Å². The zero-order chi connectivity index (χ0) is 14.9. The van der Waals surface area contributed by atoms with Gasteiger partial charge in [0, 0.05) is 18.1 Å². The van der Waals surface area contributed by atoms with E-state index in [0.717, 1.165) is 36.3 Å². The lowest BCUT2D eigenvalue weighted by Gasteiger charge is -2.11. The molecule has 0 aliphatic heterocycles. The summed E-state index contributed by atoms with van der Waals surface area (Å²) in [4.78, 5) is 4.48. The van der Waals surface area contributed by atoms with Crippen LogP contribution in [-0.4, -0.2) is 19.0 Å².